The Bertz CT molecular complexity index is 1840. The van der Waals surface area contributed by atoms with E-state index in [-0.39, 0.29) is 17.2 Å². The van der Waals surface area contributed by atoms with E-state index in [1.807, 2.05) is 4.72 Å². The maximum Gasteiger partial charge on any atom is 0.431 e. The minimum Gasteiger partial charge on any atom is -0.484 e. The minimum atomic E-state index is -4.88. The number of sulfonamides is 1. The molecule has 0 spiro atoms. The molecule has 0 atom stereocenters. The van der Waals surface area contributed by atoms with Crippen LogP contribution < -0.4 is 20.7 Å². The van der Waals surface area contributed by atoms with Crippen molar-refractivity contribution in [2.75, 3.05) is 12.4 Å². The summed E-state index contributed by atoms with van der Waals surface area (Å²) < 4.78 is 76.9. The van der Waals surface area contributed by atoms with Gasteiger partial charge in [0.05, 0.1) is 21.8 Å². The van der Waals surface area contributed by atoms with Gasteiger partial charge in [-0.15, -0.1) is 0 Å². The van der Waals surface area contributed by atoms with Crippen LogP contribution in [0.5, 0.6) is 5.75 Å². The molecule has 40 heavy (non-hydrogen) atoms. The highest BCUT2D eigenvalue weighted by atomic mass is 32.2. The molecule has 0 aliphatic carbocycles. The second-order valence-electron chi connectivity index (χ2n) is 8.86. The third kappa shape index (κ3) is 5.94. The van der Waals surface area contributed by atoms with Gasteiger partial charge in [0.2, 0.25) is 10.0 Å². The lowest BCUT2D eigenvalue weighted by Gasteiger charge is -2.14. The van der Waals surface area contributed by atoms with E-state index in [1.165, 1.54) is 12.1 Å². The Labute approximate surface area is 229 Å². The van der Waals surface area contributed by atoms with Crippen LogP contribution >= 0.6 is 11.5 Å². The molecular formula is C25H23F3N4O6S2. The fourth-order valence-corrected chi connectivity index (χ4v) is 5.83. The summed E-state index contributed by atoms with van der Waals surface area (Å²) in [6.45, 7) is 2.92. The van der Waals surface area contributed by atoms with E-state index in [4.69, 9.17) is 4.74 Å². The lowest BCUT2D eigenvalue weighted by Crippen LogP contribution is -2.40. The van der Waals surface area contributed by atoms with Gasteiger partial charge in [0.25, 0.3) is 11.5 Å². The number of carbonyl (C=O) groups excluding carboxylic acids is 1. The van der Waals surface area contributed by atoms with Crippen LogP contribution in [0.1, 0.15) is 24.6 Å². The van der Waals surface area contributed by atoms with Crippen LogP contribution in [0.2, 0.25) is 0 Å². The summed E-state index contributed by atoms with van der Waals surface area (Å²) in [6.07, 6.45) is -4.54. The Morgan fingerprint density at radius 3 is 2.52 bits per heavy atom. The van der Waals surface area contributed by atoms with E-state index in [2.05, 4.69) is 4.37 Å². The number of fused-ring (bicyclic) bond motifs is 1. The number of rotatable bonds is 8. The molecule has 0 fully saturated rings. The van der Waals surface area contributed by atoms with Crippen LogP contribution in [0, 0.1) is 6.92 Å². The van der Waals surface area contributed by atoms with E-state index in [9.17, 15) is 36.0 Å². The van der Waals surface area contributed by atoms with Gasteiger partial charge in [0.1, 0.15) is 11.4 Å². The van der Waals surface area contributed by atoms with Crippen LogP contribution in [-0.2, 0) is 28.0 Å². The van der Waals surface area contributed by atoms with Crippen molar-refractivity contribution >= 4 is 37.5 Å². The first kappa shape index (κ1) is 29.0. The molecule has 4 aromatic rings. The summed E-state index contributed by atoms with van der Waals surface area (Å²) in [4.78, 5) is 37.4. The van der Waals surface area contributed by atoms with Crippen molar-refractivity contribution in [2.45, 2.75) is 26.4 Å². The Morgan fingerprint density at radius 2 is 1.85 bits per heavy atom. The topological polar surface area (TPSA) is 129 Å². The summed E-state index contributed by atoms with van der Waals surface area (Å²) >= 11 is 1.13. The highest BCUT2D eigenvalue weighted by Crippen LogP contribution is 2.35. The molecule has 10 nitrogen and oxygen atoms in total. The summed E-state index contributed by atoms with van der Waals surface area (Å²) in [6, 6.07) is 9.81. The Kier molecular flexibility index (Phi) is 7.90. The van der Waals surface area contributed by atoms with Crippen molar-refractivity contribution in [2.24, 2.45) is 7.05 Å². The first-order valence-electron chi connectivity index (χ1n) is 11.8. The van der Waals surface area contributed by atoms with Gasteiger partial charge in [-0.25, -0.2) is 17.8 Å². The number of aryl methyl sites for hydroxylation is 1. The van der Waals surface area contributed by atoms with Crippen molar-refractivity contribution in [3.8, 4) is 22.7 Å². The largest absolute Gasteiger partial charge is 0.484 e. The molecule has 0 aliphatic heterocycles. The third-order valence-corrected chi connectivity index (χ3v) is 8.21. The number of nitrogens with one attached hydrogen (secondary N) is 1. The number of halogens is 3. The highest BCUT2D eigenvalue weighted by molar-refractivity contribution is 7.90. The lowest BCUT2D eigenvalue weighted by atomic mass is 10.0. The number of hydrogen-bond donors (Lipinski definition) is 1. The first-order valence-corrected chi connectivity index (χ1v) is 14.2. The van der Waals surface area contributed by atoms with Gasteiger partial charge >= 0.3 is 11.9 Å². The van der Waals surface area contributed by atoms with Gasteiger partial charge in [-0.05, 0) is 60.8 Å². The van der Waals surface area contributed by atoms with Gasteiger partial charge in [-0.3, -0.25) is 18.9 Å². The number of amides is 1. The second-order valence-corrected chi connectivity index (χ2v) is 11.5. The Balaban J connectivity index is 1.70. The fourth-order valence-electron chi connectivity index (χ4n) is 4.01. The van der Waals surface area contributed by atoms with Crippen LogP contribution in [-0.4, -0.2) is 40.2 Å². The molecule has 0 saturated heterocycles. The maximum atomic E-state index is 13.2. The molecule has 1 N–H and O–H groups in total. The third-order valence-electron chi connectivity index (χ3n) is 5.90. The lowest BCUT2D eigenvalue weighted by molar-refractivity contribution is -0.144. The van der Waals surface area contributed by atoms with Gasteiger partial charge in [-0.1, -0.05) is 13.0 Å². The average Bonchev–Trinajstić information content (AvgIpc) is 3.28. The molecule has 2 aromatic carbocycles. The highest BCUT2D eigenvalue weighted by Gasteiger charge is 2.35. The molecule has 0 aliphatic rings. The monoisotopic (exact) mass is 596 g/mol. The van der Waals surface area contributed by atoms with Crippen LogP contribution in [0.25, 0.3) is 27.0 Å². The van der Waals surface area contributed by atoms with Gasteiger partial charge in [0.15, 0.2) is 6.61 Å². The predicted octanol–water partition coefficient (Wildman–Crippen LogP) is 3.37. The number of alkyl halides is 3. The average molecular weight is 597 g/mol. The summed E-state index contributed by atoms with van der Waals surface area (Å²) in [5, 5.41) is 0.528. The molecule has 0 radical (unpaired) electrons. The van der Waals surface area contributed by atoms with Gasteiger partial charge in [-0.2, -0.15) is 17.5 Å². The molecule has 0 bridgehead atoms. The summed E-state index contributed by atoms with van der Waals surface area (Å²) in [7, 11) is -2.81. The van der Waals surface area contributed by atoms with E-state index in [0.717, 1.165) is 24.1 Å². The molecule has 212 valence electrons. The molecule has 0 saturated carbocycles. The van der Waals surface area contributed by atoms with Crippen molar-refractivity contribution in [1.82, 2.24) is 18.2 Å². The summed E-state index contributed by atoms with van der Waals surface area (Å²) in [5.74, 6) is -0.770. The van der Waals surface area contributed by atoms with Gasteiger partial charge in [0, 0.05) is 24.1 Å². The zero-order chi connectivity index (χ0) is 29.4. The molecule has 0 unspecified atom stereocenters. The fraction of sp³-hybridized carbons (Fsp3) is 0.280. The number of ether oxygens (including phenoxy) is 1. The summed E-state index contributed by atoms with van der Waals surface area (Å²) in [5.41, 5.74) is -1.78. The van der Waals surface area contributed by atoms with Crippen molar-refractivity contribution in [3.05, 3.63) is 74.6 Å². The van der Waals surface area contributed by atoms with Crippen molar-refractivity contribution in [1.29, 1.82) is 0 Å². The van der Waals surface area contributed by atoms with E-state index < -0.39 is 45.7 Å². The molecule has 1 amide bonds. The van der Waals surface area contributed by atoms with Crippen molar-refractivity contribution < 1.29 is 31.1 Å². The van der Waals surface area contributed by atoms with E-state index in [0.29, 0.717) is 43.0 Å². The Hall–Kier alpha value is -3.98. The molecule has 15 heteroatoms. The zero-order valence-corrected chi connectivity index (χ0v) is 23.0. The van der Waals surface area contributed by atoms with Crippen LogP contribution in [0.4, 0.5) is 13.2 Å². The number of nitrogens with zero attached hydrogens (tertiary/aromatic N) is 3. The number of benzene rings is 2. The second kappa shape index (κ2) is 10.9. The molecule has 2 aromatic heterocycles. The normalized spacial score (nSPS) is 12.1. The zero-order valence-electron chi connectivity index (χ0n) is 21.4. The maximum absolute atomic E-state index is 13.2. The predicted molar refractivity (Wildman–Crippen MR) is 143 cm³/mol. The standard InChI is InChI=1S/C25H23F3N4O6S2/c1-4-9-40(36,37)30-21(33)13-38-16-7-5-14(2)17(11-16)23-18-10-15(6-8-19(18)39-29-23)32-22(34)12-20(25(26,27)28)31(3)24(32)35/h5-8,10-12H,4,9,13H2,1-3H3,(H,30,33). The minimum absolute atomic E-state index is 0.0586. The SMILES string of the molecule is CCCS(=O)(=O)NC(=O)COc1ccc(C)c(-c2nsc3ccc(-n4c(=O)cc(C(F)(F)F)n(C)c4=O)cc23)c1. The van der Waals surface area contributed by atoms with Gasteiger partial charge < -0.3 is 4.74 Å². The number of aromatic nitrogens is 3. The quantitative estimate of drug-likeness (QED) is 0.330. The smallest absolute Gasteiger partial charge is 0.431 e. The first-order chi connectivity index (χ1) is 18.7. The van der Waals surface area contributed by atoms with E-state index >= 15 is 0 Å². The number of hydrogen-bond acceptors (Lipinski definition) is 8. The number of carbonyl (C=O) groups is 1. The molecule has 2 heterocycles. The Morgan fingerprint density at radius 1 is 1.12 bits per heavy atom. The van der Waals surface area contributed by atoms with E-state index in [1.54, 1.807) is 38.1 Å². The molecule has 4 rings (SSSR count). The molecular weight excluding hydrogens is 573 g/mol. The van der Waals surface area contributed by atoms with Crippen molar-refractivity contribution in [3.63, 3.8) is 0 Å². The van der Waals surface area contributed by atoms with Crippen LogP contribution in [0.3, 0.4) is 0 Å². The van der Waals surface area contributed by atoms with Crippen LogP contribution in [0.15, 0.2) is 52.1 Å².